The first kappa shape index (κ1) is 29.5. The van der Waals surface area contributed by atoms with Crippen molar-refractivity contribution in [3.05, 3.63) is 118 Å². The van der Waals surface area contributed by atoms with Gasteiger partial charge in [0.05, 0.1) is 21.2 Å². The second-order valence-electron chi connectivity index (χ2n) is 10.8. The number of hydrogen-bond acceptors (Lipinski definition) is 5. The van der Waals surface area contributed by atoms with Crippen LogP contribution in [0.4, 0.5) is 5.69 Å². The third-order valence-corrected chi connectivity index (χ3v) is 10.0. The number of nitrogens with zero attached hydrogens (tertiary/aromatic N) is 2. The summed E-state index contributed by atoms with van der Waals surface area (Å²) in [5.41, 5.74) is 3.20. The fourth-order valence-corrected chi connectivity index (χ4v) is 7.19. The largest absolute Gasteiger partial charge is 0.456 e. The molecule has 4 aromatic rings. The molecule has 0 aromatic heterocycles. The molecule has 1 saturated heterocycles. The fourth-order valence-electron chi connectivity index (χ4n) is 5.76. The van der Waals surface area contributed by atoms with Crippen LogP contribution in [0.1, 0.15) is 34.3 Å². The predicted molar refractivity (Wildman–Crippen MR) is 170 cm³/mol. The number of likely N-dealkylation sites (tertiary alicyclic amines) is 1. The number of anilines is 1. The third kappa shape index (κ3) is 6.68. The number of sulfonamides is 1. The summed E-state index contributed by atoms with van der Waals surface area (Å²) in [4.78, 5) is 18.0. The maximum atomic E-state index is 13.7. The van der Waals surface area contributed by atoms with Crippen LogP contribution in [0.5, 0.6) is 11.5 Å². The number of rotatable bonds is 7. The third-order valence-electron chi connectivity index (χ3n) is 8.08. The fraction of sp³-hybridized carbons (Fsp3) is 0.242. The van der Waals surface area contributed by atoms with E-state index in [-0.39, 0.29) is 22.1 Å². The Morgan fingerprint density at radius 3 is 2.28 bits per heavy atom. The number of piperidine rings is 1. The first-order chi connectivity index (χ1) is 20.8. The average Bonchev–Trinajstić information content (AvgIpc) is 3.03. The van der Waals surface area contributed by atoms with Crippen molar-refractivity contribution in [3.63, 3.8) is 0 Å². The lowest BCUT2D eigenvalue weighted by Crippen LogP contribution is -2.48. The van der Waals surface area contributed by atoms with Gasteiger partial charge in [0, 0.05) is 37.2 Å². The zero-order chi connectivity index (χ0) is 30.0. The van der Waals surface area contributed by atoms with Gasteiger partial charge in [-0.3, -0.25) is 14.4 Å². The molecular weight excluding hydrogens is 605 g/mol. The van der Waals surface area contributed by atoms with Crippen molar-refractivity contribution in [3.8, 4) is 11.5 Å². The van der Waals surface area contributed by atoms with Gasteiger partial charge in [-0.1, -0.05) is 59.6 Å². The van der Waals surface area contributed by atoms with Crippen LogP contribution in [0.3, 0.4) is 0 Å². The first-order valence-electron chi connectivity index (χ1n) is 14.2. The molecule has 0 unspecified atom stereocenters. The molecule has 7 nitrogen and oxygen atoms in total. The number of ether oxygens (including phenoxy) is 1. The molecule has 1 N–H and O–H groups in total. The van der Waals surface area contributed by atoms with E-state index in [0.717, 1.165) is 32.4 Å². The molecule has 0 saturated carbocycles. The number of para-hydroxylation sites is 1. The molecule has 0 radical (unpaired) electrons. The summed E-state index contributed by atoms with van der Waals surface area (Å²) in [6.07, 6.45) is 2.76. The Morgan fingerprint density at radius 1 is 0.837 bits per heavy atom. The number of hydrogen-bond donors (Lipinski definition) is 1. The maximum absolute atomic E-state index is 13.7. The van der Waals surface area contributed by atoms with Crippen LogP contribution in [0.15, 0.2) is 95.9 Å². The summed E-state index contributed by atoms with van der Waals surface area (Å²) < 4.78 is 35.0. The SMILES string of the molecule is O=C(c1cc(Cl)ccc1NS(=O)(=O)c1ccc(Oc2ccccc2Cl)cc1)N1CCC(N2CCc3ccccc3C2)CC1. The van der Waals surface area contributed by atoms with Gasteiger partial charge in [0.15, 0.2) is 0 Å². The van der Waals surface area contributed by atoms with E-state index < -0.39 is 10.0 Å². The number of carbonyl (C=O) groups is 1. The zero-order valence-electron chi connectivity index (χ0n) is 23.4. The lowest BCUT2D eigenvalue weighted by Gasteiger charge is -2.40. The average molecular weight is 637 g/mol. The number of carbonyl (C=O) groups excluding carboxylic acids is 1. The Balaban J connectivity index is 1.12. The van der Waals surface area contributed by atoms with E-state index in [1.165, 1.54) is 35.4 Å². The lowest BCUT2D eigenvalue weighted by molar-refractivity contribution is 0.0600. The standard InChI is InChI=1S/C33H31Cl2N3O4S/c34-25-9-14-31(36-43(40,41)28-12-10-27(11-13-28)42-32-8-4-3-7-30(32)35)29(21-25)33(39)37-19-16-26(17-20-37)38-18-15-23-5-1-2-6-24(23)22-38/h1-14,21,26,36H,15-20,22H2. The van der Waals surface area contributed by atoms with Gasteiger partial charge in [-0.05, 0) is 85.0 Å². The minimum Gasteiger partial charge on any atom is -0.456 e. The topological polar surface area (TPSA) is 78.9 Å². The minimum atomic E-state index is -4.01. The van der Waals surface area contributed by atoms with E-state index in [1.807, 2.05) is 0 Å². The van der Waals surface area contributed by atoms with E-state index in [1.54, 1.807) is 47.4 Å². The van der Waals surface area contributed by atoms with Gasteiger partial charge in [0.1, 0.15) is 11.5 Å². The van der Waals surface area contributed by atoms with Crippen LogP contribution in [0, 0.1) is 0 Å². The molecule has 0 atom stereocenters. The summed E-state index contributed by atoms with van der Waals surface area (Å²) in [5.74, 6) is 0.658. The van der Waals surface area contributed by atoms with Crippen molar-refractivity contribution < 1.29 is 17.9 Å². The highest BCUT2D eigenvalue weighted by Crippen LogP contribution is 2.31. The lowest BCUT2D eigenvalue weighted by atomic mass is 9.95. The number of benzene rings is 4. The Kier molecular flexibility index (Phi) is 8.63. The monoisotopic (exact) mass is 635 g/mol. The van der Waals surface area contributed by atoms with Gasteiger partial charge in [-0.15, -0.1) is 0 Å². The summed E-state index contributed by atoms with van der Waals surface area (Å²) in [6.45, 7) is 3.13. The maximum Gasteiger partial charge on any atom is 0.261 e. The Hall–Kier alpha value is -3.56. The van der Waals surface area contributed by atoms with Gasteiger partial charge in [-0.2, -0.15) is 0 Å². The van der Waals surface area contributed by atoms with Crippen molar-refractivity contribution in [1.29, 1.82) is 0 Å². The summed E-state index contributed by atoms with van der Waals surface area (Å²) in [5, 5.41) is 0.802. The van der Waals surface area contributed by atoms with Crippen LogP contribution in [-0.4, -0.2) is 49.8 Å². The highest BCUT2D eigenvalue weighted by Gasteiger charge is 2.30. The highest BCUT2D eigenvalue weighted by molar-refractivity contribution is 7.92. The van der Waals surface area contributed by atoms with Gasteiger partial charge < -0.3 is 9.64 Å². The van der Waals surface area contributed by atoms with E-state index >= 15 is 0 Å². The molecule has 43 heavy (non-hydrogen) atoms. The van der Waals surface area contributed by atoms with Crippen molar-refractivity contribution in [2.45, 2.75) is 36.7 Å². The van der Waals surface area contributed by atoms with Gasteiger partial charge in [-0.25, -0.2) is 8.42 Å². The summed E-state index contributed by atoms with van der Waals surface area (Å²) in [7, 11) is -4.01. The van der Waals surface area contributed by atoms with Crippen molar-refractivity contribution in [2.24, 2.45) is 0 Å². The molecule has 2 heterocycles. The second kappa shape index (κ2) is 12.6. The van der Waals surface area contributed by atoms with Crippen LogP contribution in [0.25, 0.3) is 0 Å². The quantitative estimate of drug-likeness (QED) is 0.231. The Bertz CT molecular complexity index is 1740. The molecule has 1 amide bonds. The smallest absolute Gasteiger partial charge is 0.261 e. The number of halogens is 2. The molecule has 2 aliphatic rings. The van der Waals surface area contributed by atoms with Crippen LogP contribution in [0.2, 0.25) is 10.0 Å². The number of amides is 1. The molecule has 0 bridgehead atoms. The molecule has 0 aliphatic carbocycles. The predicted octanol–water partition coefficient (Wildman–Crippen LogP) is 7.25. The van der Waals surface area contributed by atoms with E-state index in [0.29, 0.717) is 40.7 Å². The highest BCUT2D eigenvalue weighted by atomic mass is 35.5. The molecule has 6 rings (SSSR count). The minimum absolute atomic E-state index is 0.0243. The second-order valence-corrected chi connectivity index (χ2v) is 13.3. The first-order valence-corrected chi connectivity index (χ1v) is 16.5. The van der Waals surface area contributed by atoms with E-state index in [2.05, 4.69) is 33.9 Å². The zero-order valence-corrected chi connectivity index (χ0v) is 25.7. The van der Waals surface area contributed by atoms with Gasteiger partial charge in [0.2, 0.25) is 0 Å². The van der Waals surface area contributed by atoms with Crippen LogP contribution in [-0.2, 0) is 23.0 Å². The van der Waals surface area contributed by atoms with E-state index in [9.17, 15) is 13.2 Å². The van der Waals surface area contributed by atoms with Crippen LogP contribution >= 0.6 is 23.2 Å². The molecule has 0 spiro atoms. The molecule has 2 aliphatic heterocycles. The Morgan fingerprint density at radius 2 is 1.53 bits per heavy atom. The van der Waals surface area contributed by atoms with Crippen molar-refractivity contribution >= 4 is 44.8 Å². The molecule has 10 heteroatoms. The van der Waals surface area contributed by atoms with Gasteiger partial charge >= 0.3 is 0 Å². The Labute approximate surface area is 262 Å². The summed E-state index contributed by atoms with van der Waals surface area (Å²) >= 11 is 12.4. The van der Waals surface area contributed by atoms with Gasteiger partial charge in [0.25, 0.3) is 15.9 Å². The molecule has 1 fully saturated rings. The molecule has 222 valence electrons. The van der Waals surface area contributed by atoms with E-state index in [4.69, 9.17) is 27.9 Å². The van der Waals surface area contributed by atoms with Crippen molar-refractivity contribution in [2.75, 3.05) is 24.4 Å². The number of fused-ring (bicyclic) bond motifs is 1. The molecular formula is C33H31Cl2N3O4S. The normalized spacial score (nSPS) is 16.0. The number of nitrogens with one attached hydrogen (secondary N) is 1. The van der Waals surface area contributed by atoms with Crippen LogP contribution < -0.4 is 9.46 Å². The van der Waals surface area contributed by atoms with Crippen molar-refractivity contribution in [1.82, 2.24) is 9.80 Å². The summed E-state index contributed by atoms with van der Waals surface area (Å²) in [6, 6.07) is 26.6. The molecule has 4 aromatic carbocycles.